The van der Waals surface area contributed by atoms with Crippen LogP contribution in [0.3, 0.4) is 0 Å². The van der Waals surface area contributed by atoms with Crippen LogP contribution in [0.5, 0.6) is 0 Å². The van der Waals surface area contributed by atoms with Gasteiger partial charge in [-0.3, -0.25) is 4.79 Å². The molecule has 1 unspecified atom stereocenters. The van der Waals surface area contributed by atoms with Crippen molar-refractivity contribution < 1.29 is 23.1 Å². The Morgan fingerprint density at radius 1 is 1.15 bits per heavy atom. The van der Waals surface area contributed by atoms with Crippen LogP contribution in [0.1, 0.15) is 26.2 Å². The molecule has 0 saturated carbocycles. The lowest BCUT2D eigenvalue weighted by Gasteiger charge is -2.11. The van der Waals surface area contributed by atoms with Gasteiger partial charge < -0.3 is 15.7 Å². The number of carboxylic acid groups (broad SMARTS) is 1. The Labute approximate surface area is 119 Å². The zero-order valence-electron chi connectivity index (χ0n) is 11.8. The van der Waals surface area contributed by atoms with E-state index in [-0.39, 0.29) is 24.6 Å². The second-order valence-corrected chi connectivity index (χ2v) is 6.58. The molecule has 0 rings (SSSR count). The van der Waals surface area contributed by atoms with E-state index < -0.39 is 22.0 Å². The molecule has 0 fully saturated rings. The third kappa shape index (κ3) is 10.6. The largest absolute Gasteiger partial charge is 0.481 e. The van der Waals surface area contributed by atoms with Crippen LogP contribution >= 0.6 is 0 Å². The van der Waals surface area contributed by atoms with Gasteiger partial charge in [-0.1, -0.05) is 6.92 Å². The molecule has 0 heterocycles. The van der Waals surface area contributed by atoms with Crippen LogP contribution < -0.4 is 15.4 Å². The van der Waals surface area contributed by atoms with E-state index in [1.54, 1.807) is 0 Å². The number of urea groups is 1. The highest BCUT2D eigenvalue weighted by atomic mass is 32.2. The smallest absolute Gasteiger partial charge is 0.314 e. The second kappa shape index (κ2) is 9.54. The van der Waals surface area contributed by atoms with Crippen LogP contribution in [0.4, 0.5) is 4.79 Å². The first-order chi connectivity index (χ1) is 9.26. The maximum absolute atomic E-state index is 11.3. The van der Waals surface area contributed by atoms with Crippen LogP contribution in [0.15, 0.2) is 0 Å². The van der Waals surface area contributed by atoms with Gasteiger partial charge in [-0.15, -0.1) is 0 Å². The van der Waals surface area contributed by atoms with E-state index >= 15 is 0 Å². The lowest BCUT2D eigenvalue weighted by Crippen LogP contribution is -2.40. The van der Waals surface area contributed by atoms with Crippen LogP contribution in [-0.2, 0) is 14.8 Å². The van der Waals surface area contributed by atoms with Crippen LogP contribution in [-0.4, -0.2) is 51.4 Å². The average molecular weight is 309 g/mol. The summed E-state index contributed by atoms with van der Waals surface area (Å²) in [5.74, 6) is -0.796. The van der Waals surface area contributed by atoms with Crippen molar-refractivity contribution in [1.82, 2.24) is 15.4 Å². The third-order valence-electron chi connectivity index (χ3n) is 2.74. The molecule has 0 aliphatic heterocycles. The predicted octanol–water partition coefficient (Wildman–Crippen LogP) is -0.274. The number of carbonyl (C=O) groups excluding carboxylic acids is 1. The van der Waals surface area contributed by atoms with E-state index in [0.717, 1.165) is 0 Å². The van der Waals surface area contributed by atoms with Gasteiger partial charge in [-0.05, 0) is 25.8 Å². The van der Waals surface area contributed by atoms with Crippen molar-refractivity contribution in [3.8, 4) is 0 Å². The normalized spacial score (nSPS) is 12.7. The quantitative estimate of drug-likeness (QED) is 0.442. The lowest BCUT2D eigenvalue weighted by molar-refractivity contribution is -0.137. The molecule has 8 nitrogen and oxygen atoms in total. The molecule has 4 N–H and O–H groups in total. The molecule has 118 valence electrons. The summed E-state index contributed by atoms with van der Waals surface area (Å²) in [5.41, 5.74) is 0. The fourth-order valence-electron chi connectivity index (χ4n) is 1.41. The molecular formula is C11H23N3O5S. The molecule has 0 aliphatic carbocycles. The third-order valence-corrected chi connectivity index (χ3v) is 4.10. The fourth-order valence-corrected chi connectivity index (χ4v) is 1.98. The van der Waals surface area contributed by atoms with Crippen molar-refractivity contribution in [3.63, 3.8) is 0 Å². The molecule has 0 aromatic carbocycles. The van der Waals surface area contributed by atoms with E-state index in [1.807, 2.05) is 6.92 Å². The molecule has 1 atom stereocenters. The molecule has 0 spiro atoms. The number of hydrogen-bond donors (Lipinski definition) is 4. The summed E-state index contributed by atoms with van der Waals surface area (Å²) in [4.78, 5) is 21.7. The first-order valence-corrected chi connectivity index (χ1v) is 8.06. The van der Waals surface area contributed by atoms with Gasteiger partial charge in [0.15, 0.2) is 0 Å². The Balaban J connectivity index is 3.66. The molecule has 2 amide bonds. The Bertz CT molecular complexity index is 410. The monoisotopic (exact) mass is 309 g/mol. The number of amides is 2. The molecule has 0 saturated heterocycles. The minimum atomic E-state index is -3.31. The van der Waals surface area contributed by atoms with E-state index in [4.69, 9.17) is 5.11 Å². The van der Waals surface area contributed by atoms with Gasteiger partial charge in [0, 0.05) is 19.5 Å². The standard InChI is InChI=1S/C11H23N3O5S/c1-9(3-4-10(15)16)5-6-13-11(17)14-7-8-20(18,19)12-2/h9,12H,3-8H2,1-2H3,(H,15,16)(H2,13,14,17). The topological polar surface area (TPSA) is 125 Å². The molecule has 0 aromatic rings. The Kier molecular flexibility index (Phi) is 8.89. The number of hydrogen-bond acceptors (Lipinski definition) is 4. The maximum atomic E-state index is 11.3. The molecule has 0 aromatic heterocycles. The van der Waals surface area contributed by atoms with Gasteiger partial charge >= 0.3 is 12.0 Å². The first kappa shape index (κ1) is 18.7. The number of sulfonamides is 1. The van der Waals surface area contributed by atoms with Gasteiger partial charge in [0.05, 0.1) is 5.75 Å². The zero-order chi connectivity index (χ0) is 15.6. The molecule has 0 radical (unpaired) electrons. The van der Waals surface area contributed by atoms with Crippen LogP contribution in [0.2, 0.25) is 0 Å². The number of carbonyl (C=O) groups is 2. The van der Waals surface area contributed by atoms with Crippen molar-refractivity contribution >= 4 is 22.0 Å². The number of nitrogens with one attached hydrogen (secondary N) is 3. The minimum Gasteiger partial charge on any atom is -0.481 e. The van der Waals surface area contributed by atoms with Gasteiger partial charge in [-0.25, -0.2) is 17.9 Å². The highest BCUT2D eigenvalue weighted by molar-refractivity contribution is 7.89. The lowest BCUT2D eigenvalue weighted by atomic mass is 10.0. The fraction of sp³-hybridized carbons (Fsp3) is 0.818. The van der Waals surface area contributed by atoms with E-state index in [1.165, 1.54) is 7.05 Å². The Hall–Kier alpha value is -1.35. The summed E-state index contributed by atoms with van der Waals surface area (Å²) in [6.07, 6.45) is 1.36. The van der Waals surface area contributed by atoms with Crippen LogP contribution in [0, 0.1) is 5.92 Å². The minimum absolute atomic E-state index is 0.0313. The summed E-state index contributed by atoms with van der Waals surface area (Å²) < 4.78 is 24.3. The van der Waals surface area contributed by atoms with Crippen molar-refractivity contribution in [2.75, 3.05) is 25.9 Å². The summed E-state index contributed by atoms with van der Waals surface area (Å²) in [6.45, 7) is 2.37. The van der Waals surface area contributed by atoms with Crippen LogP contribution in [0.25, 0.3) is 0 Å². The van der Waals surface area contributed by atoms with Gasteiger partial charge in [0.2, 0.25) is 10.0 Å². The summed E-state index contributed by atoms with van der Waals surface area (Å²) in [5, 5.41) is 13.6. The summed E-state index contributed by atoms with van der Waals surface area (Å²) in [7, 11) is -2.00. The van der Waals surface area contributed by atoms with E-state index in [9.17, 15) is 18.0 Å². The van der Waals surface area contributed by atoms with Gasteiger partial charge in [0.1, 0.15) is 0 Å². The summed E-state index contributed by atoms with van der Waals surface area (Å²) >= 11 is 0. The predicted molar refractivity (Wildman–Crippen MR) is 74.9 cm³/mol. The van der Waals surface area contributed by atoms with Crippen molar-refractivity contribution in [3.05, 3.63) is 0 Å². The molecule has 9 heteroatoms. The number of carboxylic acids is 1. The number of rotatable bonds is 10. The Morgan fingerprint density at radius 2 is 1.75 bits per heavy atom. The second-order valence-electron chi connectivity index (χ2n) is 4.53. The molecule has 0 aliphatic rings. The zero-order valence-corrected chi connectivity index (χ0v) is 12.6. The molecular weight excluding hydrogens is 286 g/mol. The number of aliphatic carboxylic acids is 1. The maximum Gasteiger partial charge on any atom is 0.314 e. The van der Waals surface area contributed by atoms with Crippen molar-refractivity contribution in [2.45, 2.75) is 26.2 Å². The highest BCUT2D eigenvalue weighted by Gasteiger charge is 2.09. The SMILES string of the molecule is CNS(=O)(=O)CCNC(=O)NCCC(C)CCC(=O)O. The highest BCUT2D eigenvalue weighted by Crippen LogP contribution is 2.08. The van der Waals surface area contributed by atoms with Gasteiger partial charge in [-0.2, -0.15) is 0 Å². The van der Waals surface area contributed by atoms with Crippen molar-refractivity contribution in [2.24, 2.45) is 5.92 Å². The first-order valence-electron chi connectivity index (χ1n) is 6.41. The van der Waals surface area contributed by atoms with E-state index in [0.29, 0.717) is 19.4 Å². The summed E-state index contributed by atoms with van der Waals surface area (Å²) in [6, 6.07) is -0.429. The average Bonchev–Trinajstić information content (AvgIpc) is 2.36. The Morgan fingerprint density at radius 3 is 2.30 bits per heavy atom. The van der Waals surface area contributed by atoms with Crippen molar-refractivity contribution in [1.29, 1.82) is 0 Å². The van der Waals surface area contributed by atoms with E-state index in [2.05, 4.69) is 15.4 Å². The molecule has 0 bridgehead atoms. The molecule has 20 heavy (non-hydrogen) atoms. The van der Waals surface area contributed by atoms with Gasteiger partial charge in [0.25, 0.3) is 0 Å².